The van der Waals surface area contributed by atoms with E-state index in [-0.39, 0.29) is 61.5 Å². The van der Waals surface area contributed by atoms with Crippen LogP contribution in [0.5, 0.6) is 0 Å². The minimum absolute atomic E-state index is 0. The summed E-state index contributed by atoms with van der Waals surface area (Å²) < 4.78 is 74.0. The van der Waals surface area contributed by atoms with Crippen molar-refractivity contribution in [1.82, 2.24) is 39.5 Å². The Labute approximate surface area is 278 Å². The first-order chi connectivity index (χ1) is 20.6. The van der Waals surface area contributed by atoms with Gasteiger partial charge in [-0.2, -0.15) is 33.0 Å². The predicted molar refractivity (Wildman–Crippen MR) is 144 cm³/mol. The van der Waals surface area contributed by atoms with E-state index in [0.717, 1.165) is 5.56 Å². The Morgan fingerprint density at radius 3 is 1.93 bits per heavy atom. The van der Waals surface area contributed by atoms with E-state index in [1.54, 1.807) is 23.0 Å². The van der Waals surface area contributed by atoms with Crippen LogP contribution >= 0.6 is 0 Å². The molecule has 6 heterocycles. The molecule has 2 fully saturated rings. The van der Waals surface area contributed by atoms with Crippen LogP contribution in [0, 0.1) is 0 Å². The van der Waals surface area contributed by atoms with Crippen molar-refractivity contribution in [1.29, 1.82) is 0 Å². The van der Waals surface area contributed by atoms with Crippen molar-refractivity contribution in [3.63, 3.8) is 0 Å². The summed E-state index contributed by atoms with van der Waals surface area (Å²) in [5.74, 6) is -0.149. The monoisotopic (exact) mass is 679 g/mol. The molecule has 2 aromatic heterocycles. The second-order valence-electron chi connectivity index (χ2n) is 9.98. The van der Waals surface area contributed by atoms with E-state index in [0.29, 0.717) is 40.0 Å². The maximum Gasteiger partial charge on any atom is 1.00 e. The van der Waals surface area contributed by atoms with Crippen molar-refractivity contribution >= 4 is 50.0 Å². The van der Waals surface area contributed by atoms with Gasteiger partial charge in [0.25, 0.3) is 0 Å². The van der Waals surface area contributed by atoms with Crippen LogP contribution in [0.25, 0.3) is 11.4 Å². The quantitative estimate of drug-likeness (QED) is 0.110. The number of aromatic nitrogens is 4. The third kappa shape index (κ3) is 7.97. The van der Waals surface area contributed by atoms with Gasteiger partial charge in [-0.25, -0.2) is 27.4 Å². The fraction of sp³-hybridized carbons (Fsp3) is 0.409. The van der Waals surface area contributed by atoms with Gasteiger partial charge in [0.2, 0.25) is 10.4 Å². The van der Waals surface area contributed by atoms with Gasteiger partial charge in [0.1, 0.15) is 12.1 Å². The summed E-state index contributed by atoms with van der Waals surface area (Å²) in [4.78, 5) is 38.0. The SMILES string of the molecule is CC(=O)c1cnn(C2=CC3CN(C2)C(=O)N3OS(=O)(=O)[O-])c1.NCCc1cnn(C2=CC3CN(C2)C(=O)N3OS(=O)(=O)O)c1.[Na+]. The van der Waals surface area contributed by atoms with Crippen LogP contribution < -0.4 is 35.3 Å². The van der Waals surface area contributed by atoms with E-state index < -0.39 is 44.9 Å². The van der Waals surface area contributed by atoms with Crippen LogP contribution in [0.4, 0.5) is 9.59 Å². The third-order valence-corrected chi connectivity index (χ3v) is 7.50. The summed E-state index contributed by atoms with van der Waals surface area (Å²) in [5.41, 5.74) is 8.16. The van der Waals surface area contributed by atoms with Gasteiger partial charge >= 0.3 is 52.0 Å². The molecule has 0 aliphatic carbocycles. The summed E-state index contributed by atoms with van der Waals surface area (Å²) in [5, 5.41) is 9.42. The number of hydrogen-bond donors (Lipinski definition) is 2. The molecule has 0 aromatic carbocycles. The summed E-state index contributed by atoms with van der Waals surface area (Å²) >= 11 is 0. The molecule has 6 rings (SSSR count). The molecule has 20 nitrogen and oxygen atoms in total. The van der Waals surface area contributed by atoms with E-state index in [9.17, 15) is 35.8 Å². The normalized spacial score (nSPS) is 20.9. The van der Waals surface area contributed by atoms with Crippen LogP contribution in [0.2, 0.25) is 0 Å². The van der Waals surface area contributed by atoms with E-state index in [1.807, 2.05) is 6.20 Å². The molecule has 0 spiro atoms. The molecule has 0 radical (unpaired) electrons. The van der Waals surface area contributed by atoms with E-state index >= 15 is 0 Å². The fourth-order valence-corrected chi connectivity index (χ4v) is 5.66. The minimum Gasteiger partial charge on any atom is -0.724 e. The van der Waals surface area contributed by atoms with Crippen LogP contribution in [0.15, 0.2) is 36.9 Å². The first kappa shape index (κ1) is 34.7. The first-order valence-corrected chi connectivity index (χ1v) is 15.5. The standard InChI is InChI=1S/C11H15N5O5S.C11H12N4O6S.Na/c12-2-1-8-4-13-15(5-8)9-3-10-7-14(6-9)11(17)16(10)21-22(18,19)20;1-7(16)8-3-12-14(4-8)9-2-10-6-13(5-9)11(17)15(10)21-22(18,19)20;/h3-5,10H,1-2,6-7,12H2,(H,18,19,20);2-4,10H,5-6H2,1H3,(H,18,19,20);/q;;+1/p-1. The Morgan fingerprint density at radius 2 is 1.47 bits per heavy atom. The number of fused-ring (bicyclic) bond motifs is 4. The average Bonchev–Trinajstić information content (AvgIpc) is 3.70. The molecular weight excluding hydrogens is 653 g/mol. The van der Waals surface area contributed by atoms with Crippen molar-refractivity contribution < 1.29 is 78.4 Å². The molecule has 4 aliphatic heterocycles. The van der Waals surface area contributed by atoms with Gasteiger partial charge in [-0.05, 0) is 37.6 Å². The van der Waals surface area contributed by atoms with Crippen LogP contribution in [-0.2, 0) is 35.8 Å². The number of ketones is 1. The molecular formula is C22H26N9NaO11S2. The van der Waals surface area contributed by atoms with Crippen molar-refractivity contribution in [2.45, 2.75) is 25.4 Å². The predicted octanol–water partition coefficient (Wildman–Crippen LogP) is -4.48. The van der Waals surface area contributed by atoms with E-state index in [1.165, 1.54) is 33.8 Å². The number of Topliss-reactive ketones (excluding diaryl/α,β-unsaturated/α-hetero) is 1. The van der Waals surface area contributed by atoms with Crippen molar-refractivity contribution in [2.24, 2.45) is 5.73 Å². The topological polar surface area (TPSA) is 256 Å². The van der Waals surface area contributed by atoms with Crippen molar-refractivity contribution in [3.05, 3.63) is 48.1 Å². The molecule has 4 amide bonds. The van der Waals surface area contributed by atoms with Gasteiger partial charge in [-0.15, -0.1) is 4.28 Å². The fourth-order valence-electron chi connectivity index (χ4n) is 4.91. The number of amides is 4. The van der Waals surface area contributed by atoms with E-state index in [4.69, 9.17) is 10.3 Å². The summed E-state index contributed by atoms with van der Waals surface area (Å²) in [6, 6.07) is -2.66. The molecule has 2 saturated heterocycles. The first-order valence-electron chi connectivity index (χ1n) is 12.8. The molecule has 4 bridgehead atoms. The number of urea groups is 2. The number of nitrogens with two attached hydrogens (primary N) is 1. The zero-order chi connectivity index (χ0) is 32.0. The third-order valence-electron chi connectivity index (χ3n) is 6.80. The average molecular weight is 680 g/mol. The number of hydroxylamine groups is 4. The number of rotatable bonds is 9. The summed E-state index contributed by atoms with van der Waals surface area (Å²) in [6.45, 7) is 2.83. The number of carbonyl (C=O) groups is 3. The van der Waals surface area contributed by atoms with Gasteiger partial charge in [-0.1, -0.05) is 0 Å². The number of hydrogen-bond acceptors (Lipinski definition) is 13. The minimum atomic E-state index is -5.04. The molecule has 0 saturated carbocycles. The Kier molecular flexibility index (Phi) is 10.2. The molecule has 2 atom stereocenters. The van der Waals surface area contributed by atoms with Gasteiger partial charge < -0.3 is 20.1 Å². The molecule has 45 heavy (non-hydrogen) atoms. The smallest absolute Gasteiger partial charge is 0.724 e. The molecule has 4 aliphatic rings. The van der Waals surface area contributed by atoms with Gasteiger partial charge in [0.15, 0.2) is 5.78 Å². The Bertz CT molecular complexity index is 1770. The molecule has 23 heteroatoms. The summed E-state index contributed by atoms with van der Waals surface area (Å²) in [6.07, 6.45) is 10.4. The zero-order valence-corrected chi connectivity index (χ0v) is 27.5. The second-order valence-corrected chi connectivity index (χ2v) is 11.9. The van der Waals surface area contributed by atoms with Crippen molar-refractivity contribution in [2.75, 3.05) is 32.7 Å². The largest absolute Gasteiger partial charge is 1.00 e. The molecule has 3 N–H and O–H groups in total. The zero-order valence-electron chi connectivity index (χ0n) is 23.9. The number of nitrogens with zero attached hydrogens (tertiary/aromatic N) is 8. The van der Waals surface area contributed by atoms with Crippen molar-refractivity contribution in [3.8, 4) is 0 Å². The summed E-state index contributed by atoms with van der Waals surface area (Å²) in [7, 11) is -9.79. The van der Waals surface area contributed by atoms with Gasteiger partial charge in [0, 0.05) is 25.5 Å². The molecule has 2 unspecified atom stereocenters. The number of carbonyl (C=O) groups excluding carboxylic acids is 3. The van der Waals surface area contributed by atoms with E-state index in [2.05, 4.69) is 18.8 Å². The Morgan fingerprint density at radius 1 is 0.956 bits per heavy atom. The second kappa shape index (κ2) is 13.3. The Hall–Kier alpha value is -3.19. The van der Waals surface area contributed by atoms with Gasteiger partial charge in [0.05, 0.1) is 42.4 Å². The van der Waals surface area contributed by atoms with Crippen LogP contribution in [-0.4, -0.2) is 128 Å². The Balaban J connectivity index is 0.000000200. The maximum absolute atomic E-state index is 12.0. The van der Waals surface area contributed by atoms with Crippen LogP contribution in [0.3, 0.4) is 0 Å². The molecule has 238 valence electrons. The van der Waals surface area contributed by atoms with Crippen LogP contribution in [0.1, 0.15) is 22.8 Å². The maximum atomic E-state index is 12.0. The molecule has 2 aromatic rings. The van der Waals surface area contributed by atoms with Gasteiger partial charge in [-0.3, -0.25) is 9.35 Å².